The highest BCUT2D eigenvalue weighted by Crippen LogP contribution is 2.56. The first-order valence-corrected chi connectivity index (χ1v) is 16.0. The van der Waals surface area contributed by atoms with Crippen LogP contribution < -0.4 is 0 Å². The molecular formula is C31H44O13Si. The Hall–Kier alpha value is -3.14. The summed E-state index contributed by atoms with van der Waals surface area (Å²) in [5.41, 5.74) is -5.80. The molecule has 2 bridgehead atoms. The van der Waals surface area contributed by atoms with Crippen LogP contribution in [0.2, 0.25) is 5.04 Å². The summed E-state index contributed by atoms with van der Waals surface area (Å²) in [6, 6.07) is 9.44. The predicted molar refractivity (Wildman–Crippen MR) is 161 cm³/mol. The molecule has 8 unspecified atom stereocenters. The van der Waals surface area contributed by atoms with E-state index in [1.165, 1.54) is 6.92 Å². The maximum atomic E-state index is 12.8. The summed E-state index contributed by atoms with van der Waals surface area (Å²) in [5.74, 6) is -9.48. The molecule has 1 aromatic carbocycles. The van der Waals surface area contributed by atoms with Gasteiger partial charge in [0.05, 0.1) is 0 Å². The van der Waals surface area contributed by atoms with Crippen LogP contribution in [0.3, 0.4) is 0 Å². The number of carboxylic acids is 3. The molecule has 0 saturated carbocycles. The molecule has 5 N–H and O–H groups in total. The lowest BCUT2D eigenvalue weighted by molar-refractivity contribution is -0.373. The number of ether oxygens (including phenoxy) is 3. The molecule has 0 aromatic heterocycles. The average molecular weight is 653 g/mol. The van der Waals surface area contributed by atoms with Gasteiger partial charge in [-0.25, -0.2) is 14.4 Å². The van der Waals surface area contributed by atoms with E-state index in [0.717, 1.165) is 5.56 Å². The lowest BCUT2D eigenvalue weighted by atomic mass is 9.74. The predicted octanol–water partition coefficient (Wildman–Crippen LogP) is 1.67. The number of benzene rings is 1. The Kier molecular flexibility index (Phi) is 10.7. The molecule has 2 saturated heterocycles. The summed E-state index contributed by atoms with van der Waals surface area (Å²) in [6.07, 6.45) is -7.54. The van der Waals surface area contributed by atoms with Crippen molar-refractivity contribution >= 4 is 33.6 Å². The van der Waals surface area contributed by atoms with Crippen molar-refractivity contribution in [2.24, 2.45) is 11.8 Å². The van der Waals surface area contributed by atoms with Crippen LogP contribution in [0.5, 0.6) is 0 Å². The quantitative estimate of drug-likeness (QED) is 0.104. The smallest absolute Gasteiger partial charge is 0.343 e. The van der Waals surface area contributed by atoms with Crippen LogP contribution in [0.25, 0.3) is 0 Å². The van der Waals surface area contributed by atoms with Crippen LogP contribution in [-0.2, 0) is 44.2 Å². The molecule has 2 fully saturated rings. The minimum absolute atomic E-state index is 0.0893. The molecule has 3 rings (SSSR count). The Morgan fingerprint density at radius 2 is 1.67 bits per heavy atom. The van der Waals surface area contributed by atoms with Crippen molar-refractivity contribution in [1.29, 1.82) is 0 Å². The minimum Gasteiger partial charge on any atom is -0.479 e. The Bertz CT molecular complexity index is 1300. The standard InChI is InChI=1S/C31H44O13Si/c1-16(2)28(6,7)45-43-23-22(33)31(27(38)39)30(40,26(36)37)24(25(34)35)42-29(23,44-31)14-13-17(3)21(41-19(5)32)18(4)15-20-11-9-8-10-12-20/h8-12,16,18,21-24,33,40H,3,13-15,45H2,1-2,4-7H3,(H,34,35)(H,36,37)(H,38,39). The van der Waals surface area contributed by atoms with Gasteiger partial charge >= 0.3 is 23.9 Å². The highest BCUT2D eigenvalue weighted by molar-refractivity contribution is 6.32. The summed E-state index contributed by atoms with van der Waals surface area (Å²) in [5, 5.41) is 52.7. The number of carboxylic acid groups (broad SMARTS) is 3. The second-order valence-electron chi connectivity index (χ2n) is 13.0. The van der Waals surface area contributed by atoms with Gasteiger partial charge in [0, 0.05) is 19.3 Å². The SMILES string of the molecule is C=C(CCC12OC(C(=O)O)C(O)(C(=O)O)C(C(=O)O)(O1)C(O)C2O[SiH2]C(C)(C)C(C)C)C(OC(C)=O)C(C)Cc1ccccc1. The number of fused-ring (bicyclic) bond motifs is 2. The molecule has 0 radical (unpaired) electrons. The van der Waals surface area contributed by atoms with Gasteiger partial charge in [-0.3, -0.25) is 4.79 Å². The summed E-state index contributed by atoms with van der Waals surface area (Å²) in [4.78, 5) is 49.6. The zero-order valence-electron chi connectivity index (χ0n) is 26.4. The van der Waals surface area contributed by atoms with Crippen LogP contribution >= 0.6 is 0 Å². The molecule has 45 heavy (non-hydrogen) atoms. The first-order valence-electron chi connectivity index (χ1n) is 14.7. The molecule has 2 aliphatic rings. The molecule has 0 aliphatic carbocycles. The van der Waals surface area contributed by atoms with E-state index in [2.05, 4.69) is 6.58 Å². The van der Waals surface area contributed by atoms with Gasteiger partial charge in [-0.05, 0) is 34.9 Å². The van der Waals surface area contributed by atoms with E-state index >= 15 is 0 Å². The zero-order valence-corrected chi connectivity index (χ0v) is 27.8. The van der Waals surface area contributed by atoms with E-state index in [1.54, 1.807) is 0 Å². The summed E-state index contributed by atoms with van der Waals surface area (Å²) < 4.78 is 23.3. The van der Waals surface area contributed by atoms with Gasteiger partial charge in [-0.1, -0.05) is 71.5 Å². The van der Waals surface area contributed by atoms with E-state index < -0.39 is 80.1 Å². The number of esters is 1. The van der Waals surface area contributed by atoms with Gasteiger partial charge in [-0.2, -0.15) is 0 Å². The number of hydrogen-bond acceptors (Lipinski definition) is 10. The molecule has 13 nitrogen and oxygen atoms in total. The largest absolute Gasteiger partial charge is 0.479 e. The lowest BCUT2D eigenvalue weighted by Gasteiger charge is -2.48. The summed E-state index contributed by atoms with van der Waals surface area (Å²) in [7, 11) is -1.68. The Morgan fingerprint density at radius 1 is 1.07 bits per heavy atom. The van der Waals surface area contributed by atoms with Crippen LogP contribution in [0.15, 0.2) is 42.5 Å². The Balaban J connectivity index is 2.06. The van der Waals surface area contributed by atoms with E-state index in [9.17, 15) is 44.7 Å². The number of carbonyl (C=O) groups is 4. The fraction of sp³-hybridized carbons (Fsp3) is 0.613. The van der Waals surface area contributed by atoms with Crippen molar-refractivity contribution in [2.45, 2.75) is 107 Å². The van der Waals surface area contributed by atoms with Crippen molar-refractivity contribution in [3.8, 4) is 0 Å². The number of hydrogen-bond donors (Lipinski definition) is 5. The van der Waals surface area contributed by atoms with Crippen molar-refractivity contribution in [3.63, 3.8) is 0 Å². The van der Waals surface area contributed by atoms with E-state index in [4.69, 9.17) is 18.6 Å². The van der Waals surface area contributed by atoms with Gasteiger partial charge in [0.25, 0.3) is 0 Å². The average Bonchev–Trinajstić information content (AvgIpc) is 3.17. The highest BCUT2D eigenvalue weighted by Gasteiger charge is 2.84. The Morgan fingerprint density at radius 3 is 2.16 bits per heavy atom. The maximum Gasteiger partial charge on any atom is 0.343 e. The third-order valence-corrected chi connectivity index (χ3v) is 11.3. The third kappa shape index (κ3) is 6.58. The maximum absolute atomic E-state index is 12.8. The molecule has 1 aromatic rings. The third-order valence-electron chi connectivity index (χ3n) is 9.21. The normalized spacial score (nSPS) is 31.1. The molecular weight excluding hydrogens is 608 g/mol. The van der Waals surface area contributed by atoms with Crippen LogP contribution in [0.1, 0.15) is 59.9 Å². The van der Waals surface area contributed by atoms with E-state index in [1.807, 2.05) is 65.0 Å². The first-order chi connectivity index (χ1) is 20.8. The molecule has 0 amide bonds. The lowest BCUT2D eigenvalue weighted by Crippen LogP contribution is -2.77. The second-order valence-corrected chi connectivity index (χ2v) is 15.5. The Labute approximate surface area is 264 Å². The number of aliphatic hydroxyl groups is 2. The number of carbonyl (C=O) groups excluding carboxylic acids is 1. The van der Waals surface area contributed by atoms with Crippen molar-refractivity contribution in [2.75, 3.05) is 0 Å². The highest BCUT2D eigenvalue weighted by atomic mass is 28.2. The minimum atomic E-state index is -3.75. The van der Waals surface area contributed by atoms with Gasteiger partial charge in [-0.15, -0.1) is 0 Å². The van der Waals surface area contributed by atoms with Gasteiger partial charge in [0.15, 0.2) is 15.6 Å². The molecule has 2 heterocycles. The molecule has 0 spiro atoms. The second kappa shape index (κ2) is 13.3. The van der Waals surface area contributed by atoms with Crippen molar-refractivity contribution in [3.05, 3.63) is 48.0 Å². The zero-order chi connectivity index (χ0) is 34.1. The van der Waals surface area contributed by atoms with Crippen molar-refractivity contribution < 1.29 is 63.3 Å². The summed E-state index contributed by atoms with van der Waals surface area (Å²) >= 11 is 0. The van der Waals surface area contributed by atoms with Gasteiger partial charge in [0.1, 0.15) is 18.3 Å². The first kappa shape index (κ1) is 36.3. The topological polar surface area (TPSA) is 206 Å². The number of aliphatic hydroxyl groups excluding tert-OH is 1. The number of aliphatic carboxylic acids is 3. The van der Waals surface area contributed by atoms with Gasteiger partial charge < -0.3 is 44.2 Å². The monoisotopic (exact) mass is 652 g/mol. The molecule has 8 atom stereocenters. The fourth-order valence-corrected chi connectivity index (χ4v) is 7.22. The molecule has 2 aliphatic heterocycles. The molecule has 14 heteroatoms. The van der Waals surface area contributed by atoms with Gasteiger partial charge in [0.2, 0.25) is 17.3 Å². The van der Waals surface area contributed by atoms with Crippen LogP contribution in [-0.4, -0.2) is 101 Å². The van der Waals surface area contributed by atoms with Crippen LogP contribution in [0.4, 0.5) is 0 Å². The number of rotatable bonds is 15. The van der Waals surface area contributed by atoms with E-state index in [0.29, 0.717) is 12.0 Å². The molecule has 250 valence electrons. The summed E-state index contributed by atoms with van der Waals surface area (Å²) in [6.45, 7) is 14.9. The van der Waals surface area contributed by atoms with Crippen molar-refractivity contribution in [1.82, 2.24) is 0 Å². The van der Waals surface area contributed by atoms with E-state index in [-0.39, 0.29) is 24.7 Å². The van der Waals surface area contributed by atoms with Crippen LogP contribution in [0, 0.1) is 11.8 Å². The fourth-order valence-electron chi connectivity index (χ4n) is 5.84.